The third-order valence-electron chi connectivity index (χ3n) is 2.96. The fraction of sp³-hybridized carbons (Fsp3) is 0.545. The van der Waals surface area contributed by atoms with E-state index in [2.05, 4.69) is 31.1 Å². The largest absolute Gasteiger partial charge is 0.383 e. The van der Waals surface area contributed by atoms with Crippen molar-refractivity contribution in [1.29, 1.82) is 0 Å². The van der Waals surface area contributed by atoms with Gasteiger partial charge in [-0.15, -0.1) is 0 Å². The maximum absolute atomic E-state index is 4.61. The molecule has 0 amide bonds. The zero-order valence-electron chi connectivity index (χ0n) is 8.57. The summed E-state index contributed by atoms with van der Waals surface area (Å²) < 4.78 is 0. The summed E-state index contributed by atoms with van der Waals surface area (Å²) in [6.07, 6.45) is 2.34. The molecule has 0 spiro atoms. The van der Waals surface area contributed by atoms with Gasteiger partial charge in [0.05, 0.1) is 11.4 Å². The van der Waals surface area contributed by atoms with E-state index >= 15 is 0 Å². The molecule has 13 heavy (non-hydrogen) atoms. The maximum atomic E-state index is 4.61. The van der Waals surface area contributed by atoms with Crippen molar-refractivity contribution in [2.24, 2.45) is 0 Å². The van der Waals surface area contributed by atoms with E-state index < -0.39 is 0 Å². The Bertz CT molecular complexity index is 342. The first-order valence-corrected chi connectivity index (χ1v) is 4.90. The second-order valence-electron chi connectivity index (χ2n) is 3.80. The molecular formula is C11H16N2. The quantitative estimate of drug-likeness (QED) is 0.656. The molecule has 2 heteroatoms. The molecule has 0 saturated heterocycles. The van der Waals surface area contributed by atoms with Gasteiger partial charge in [-0.1, -0.05) is 0 Å². The fourth-order valence-electron chi connectivity index (χ4n) is 1.90. The molecular weight excluding hydrogens is 160 g/mol. The second-order valence-corrected chi connectivity index (χ2v) is 3.80. The summed E-state index contributed by atoms with van der Waals surface area (Å²) in [5.41, 5.74) is 6.43. The molecule has 1 aliphatic heterocycles. The van der Waals surface area contributed by atoms with Crippen LogP contribution in [0.5, 0.6) is 0 Å². The summed E-state index contributed by atoms with van der Waals surface area (Å²) >= 11 is 0. The van der Waals surface area contributed by atoms with Crippen molar-refractivity contribution in [3.8, 4) is 0 Å². The molecule has 1 aromatic rings. The van der Waals surface area contributed by atoms with Crippen LogP contribution in [0.4, 0.5) is 5.69 Å². The number of aryl methyl sites for hydroxylation is 2. The molecule has 70 valence electrons. The Morgan fingerprint density at radius 3 is 2.69 bits per heavy atom. The van der Waals surface area contributed by atoms with Gasteiger partial charge in [0.15, 0.2) is 0 Å². The summed E-state index contributed by atoms with van der Waals surface area (Å²) in [5, 5.41) is 3.44. The Kier molecular flexibility index (Phi) is 1.98. The number of hydrogen-bond acceptors (Lipinski definition) is 2. The van der Waals surface area contributed by atoms with Crippen molar-refractivity contribution in [2.45, 2.75) is 33.6 Å². The van der Waals surface area contributed by atoms with Crippen molar-refractivity contribution in [2.75, 3.05) is 11.9 Å². The van der Waals surface area contributed by atoms with Gasteiger partial charge in [0.25, 0.3) is 0 Å². The van der Waals surface area contributed by atoms with Gasteiger partial charge in [-0.3, -0.25) is 4.98 Å². The lowest BCUT2D eigenvalue weighted by Gasteiger charge is -2.21. The minimum Gasteiger partial charge on any atom is -0.383 e. The van der Waals surface area contributed by atoms with Crippen LogP contribution in [0, 0.1) is 20.8 Å². The first-order valence-electron chi connectivity index (χ1n) is 4.90. The molecule has 0 atom stereocenters. The highest BCUT2D eigenvalue weighted by molar-refractivity contribution is 5.59. The SMILES string of the molecule is Cc1nc2c(c(C)c1C)NCCC2. The first-order chi connectivity index (χ1) is 6.20. The van der Waals surface area contributed by atoms with E-state index in [1.54, 1.807) is 0 Å². The average Bonchev–Trinajstić information content (AvgIpc) is 2.15. The summed E-state index contributed by atoms with van der Waals surface area (Å²) in [6, 6.07) is 0. The topological polar surface area (TPSA) is 24.9 Å². The number of fused-ring (bicyclic) bond motifs is 1. The molecule has 1 N–H and O–H groups in total. The molecule has 1 aliphatic rings. The van der Waals surface area contributed by atoms with Crippen molar-refractivity contribution >= 4 is 5.69 Å². The van der Waals surface area contributed by atoms with Gasteiger partial charge in [-0.25, -0.2) is 0 Å². The monoisotopic (exact) mass is 176 g/mol. The Morgan fingerprint density at radius 1 is 1.15 bits per heavy atom. The van der Waals surface area contributed by atoms with Crippen molar-refractivity contribution in [1.82, 2.24) is 4.98 Å². The minimum atomic E-state index is 1.10. The standard InChI is InChI=1S/C11H16N2/c1-7-8(2)11-10(13-9(7)3)5-4-6-12-11/h12H,4-6H2,1-3H3. The van der Waals surface area contributed by atoms with E-state index in [0.29, 0.717) is 0 Å². The normalized spacial score (nSPS) is 15.0. The smallest absolute Gasteiger partial charge is 0.0641 e. The molecule has 0 aliphatic carbocycles. The number of aromatic nitrogens is 1. The van der Waals surface area contributed by atoms with Gasteiger partial charge in [0.1, 0.15) is 0 Å². The molecule has 2 rings (SSSR count). The average molecular weight is 176 g/mol. The minimum absolute atomic E-state index is 1.10. The third-order valence-corrected chi connectivity index (χ3v) is 2.96. The Hall–Kier alpha value is -1.05. The highest BCUT2D eigenvalue weighted by Gasteiger charge is 2.14. The number of anilines is 1. The number of hydrogen-bond donors (Lipinski definition) is 1. The fourth-order valence-corrected chi connectivity index (χ4v) is 1.90. The molecule has 0 radical (unpaired) electrons. The molecule has 2 heterocycles. The van der Waals surface area contributed by atoms with E-state index in [9.17, 15) is 0 Å². The van der Waals surface area contributed by atoms with Crippen LogP contribution in [0.15, 0.2) is 0 Å². The summed E-state index contributed by atoms with van der Waals surface area (Å²) in [4.78, 5) is 4.61. The van der Waals surface area contributed by atoms with Crippen LogP contribution >= 0.6 is 0 Å². The molecule has 2 nitrogen and oxygen atoms in total. The van der Waals surface area contributed by atoms with Crippen LogP contribution in [0.1, 0.15) is 28.9 Å². The molecule has 0 unspecified atom stereocenters. The van der Waals surface area contributed by atoms with Crippen LogP contribution in [0.2, 0.25) is 0 Å². The highest BCUT2D eigenvalue weighted by Crippen LogP contribution is 2.27. The van der Waals surface area contributed by atoms with Gasteiger partial charge in [0.2, 0.25) is 0 Å². The van der Waals surface area contributed by atoms with Gasteiger partial charge < -0.3 is 5.32 Å². The maximum Gasteiger partial charge on any atom is 0.0641 e. The zero-order chi connectivity index (χ0) is 9.42. The molecule has 0 saturated carbocycles. The molecule has 0 bridgehead atoms. The van der Waals surface area contributed by atoms with E-state index in [1.807, 2.05) is 0 Å². The van der Waals surface area contributed by atoms with Crippen molar-refractivity contribution < 1.29 is 0 Å². The molecule has 0 aromatic carbocycles. The van der Waals surface area contributed by atoms with Crippen LogP contribution in [-0.2, 0) is 6.42 Å². The lowest BCUT2D eigenvalue weighted by Crippen LogP contribution is -2.16. The van der Waals surface area contributed by atoms with Crippen LogP contribution in [0.3, 0.4) is 0 Å². The number of nitrogens with one attached hydrogen (secondary N) is 1. The van der Waals surface area contributed by atoms with Gasteiger partial charge in [0, 0.05) is 12.2 Å². The highest BCUT2D eigenvalue weighted by atomic mass is 14.9. The third kappa shape index (κ3) is 1.30. The van der Waals surface area contributed by atoms with Gasteiger partial charge in [-0.2, -0.15) is 0 Å². The molecule has 0 fully saturated rings. The predicted octanol–water partition coefficient (Wildman–Crippen LogP) is 2.36. The lowest BCUT2D eigenvalue weighted by atomic mass is 10.0. The number of nitrogens with zero attached hydrogens (tertiary/aromatic N) is 1. The summed E-state index contributed by atoms with van der Waals surface area (Å²) in [7, 11) is 0. The van der Waals surface area contributed by atoms with Crippen molar-refractivity contribution in [3.05, 3.63) is 22.5 Å². The van der Waals surface area contributed by atoms with Gasteiger partial charge in [-0.05, 0) is 44.7 Å². The van der Waals surface area contributed by atoms with Crippen molar-refractivity contribution in [3.63, 3.8) is 0 Å². The van der Waals surface area contributed by atoms with Crippen LogP contribution in [-0.4, -0.2) is 11.5 Å². The number of rotatable bonds is 0. The predicted molar refractivity (Wildman–Crippen MR) is 55.3 cm³/mol. The Labute approximate surface area is 79.4 Å². The second kappa shape index (κ2) is 3.02. The summed E-state index contributed by atoms with van der Waals surface area (Å²) in [5.74, 6) is 0. The lowest BCUT2D eigenvalue weighted by molar-refractivity contribution is 0.790. The molecule has 1 aromatic heterocycles. The van der Waals surface area contributed by atoms with E-state index in [-0.39, 0.29) is 0 Å². The first kappa shape index (κ1) is 8.54. The van der Waals surface area contributed by atoms with Crippen LogP contribution < -0.4 is 5.32 Å². The zero-order valence-corrected chi connectivity index (χ0v) is 8.57. The Balaban J connectivity index is 2.60. The van der Waals surface area contributed by atoms with E-state index in [4.69, 9.17) is 0 Å². The van der Waals surface area contributed by atoms with Gasteiger partial charge >= 0.3 is 0 Å². The van der Waals surface area contributed by atoms with E-state index in [0.717, 1.165) is 13.0 Å². The summed E-state index contributed by atoms with van der Waals surface area (Å²) in [6.45, 7) is 7.52. The Morgan fingerprint density at radius 2 is 1.92 bits per heavy atom. The van der Waals surface area contributed by atoms with E-state index in [1.165, 1.54) is 34.6 Å². The van der Waals surface area contributed by atoms with Crippen LogP contribution in [0.25, 0.3) is 0 Å². The number of pyridine rings is 1.